The Balaban J connectivity index is 1.43. The number of hydrogen-bond donors (Lipinski definition) is 0. The van der Waals surface area contributed by atoms with Crippen LogP contribution in [-0.4, -0.2) is 72.5 Å². The number of likely N-dealkylation sites (N-methyl/N-ethyl adjacent to an activating group) is 1. The van der Waals surface area contributed by atoms with Crippen molar-refractivity contribution in [3.05, 3.63) is 22.4 Å². The van der Waals surface area contributed by atoms with Crippen LogP contribution in [-0.2, 0) is 11.2 Å². The third-order valence-electron chi connectivity index (χ3n) is 5.98. The lowest BCUT2D eigenvalue weighted by Crippen LogP contribution is -2.55. The number of piperazine rings is 1. The summed E-state index contributed by atoms with van der Waals surface area (Å²) in [6.07, 6.45) is 6.04. The molecule has 5 nitrogen and oxygen atoms in total. The quantitative estimate of drug-likeness (QED) is 0.768. The van der Waals surface area contributed by atoms with E-state index in [2.05, 4.69) is 33.4 Å². The normalized spacial score (nSPS) is 21.2. The SMILES string of the molecule is CN(C(=O)CN1CCN(CCc2cccs2)CC1)C1(C#N)CCCCC1. The highest BCUT2D eigenvalue weighted by Crippen LogP contribution is 2.32. The van der Waals surface area contributed by atoms with E-state index in [1.165, 1.54) is 11.3 Å². The van der Waals surface area contributed by atoms with Gasteiger partial charge >= 0.3 is 0 Å². The summed E-state index contributed by atoms with van der Waals surface area (Å²) >= 11 is 1.83. The first kappa shape index (κ1) is 19.3. The molecule has 2 heterocycles. The fourth-order valence-corrected chi connectivity index (χ4v) is 4.79. The van der Waals surface area contributed by atoms with Crippen molar-refractivity contribution in [3.8, 4) is 6.07 Å². The van der Waals surface area contributed by atoms with Gasteiger partial charge in [0, 0.05) is 44.6 Å². The summed E-state index contributed by atoms with van der Waals surface area (Å²) in [5.74, 6) is 0.0977. The van der Waals surface area contributed by atoms with Gasteiger partial charge in [0.25, 0.3) is 0 Å². The van der Waals surface area contributed by atoms with Gasteiger partial charge < -0.3 is 9.80 Å². The summed E-state index contributed by atoms with van der Waals surface area (Å²) in [4.78, 5) is 20.7. The molecule has 0 N–H and O–H groups in total. The van der Waals surface area contributed by atoms with Crippen molar-refractivity contribution in [2.45, 2.75) is 44.1 Å². The first-order valence-electron chi connectivity index (χ1n) is 9.78. The number of nitrogens with zero attached hydrogens (tertiary/aromatic N) is 4. The minimum Gasteiger partial charge on any atom is -0.326 e. The molecule has 2 aliphatic rings. The van der Waals surface area contributed by atoms with Crippen LogP contribution in [0.1, 0.15) is 37.0 Å². The van der Waals surface area contributed by atoms with E-state index in [1.807, 2.05) is 18.4 Å². The molecule has 1 saturated carbocycles. The zero-order valence-corrected chi connectivity index (χ0v) is 16.6. The number of thiophene rings is 1. The molecule has 1 aliphatic carbocycles. The van der Waals surface area contributed by atoms with Crippen LogP contribution in [0.2, 0.25) is 0 Å². The second kappa shape index (κ2) is 8.98. The van der Waals surface area contributed by atoms with Crippen LogP contribution < -0.4 is 0 Å². The van der Waals surface area contributed by atoms with E-state index in [9.17, 15) is 10.1 Å². The number of hydrogen-bond acceptors (Lipinski definition) is 5. The van der Waals surface area contributed by atoms with E-state index in [0.29, 0.717) is 6.54 Å². The molecule has 0 spiro atoms. The van der Waals surface area contributed by atoms with E-state index in [4.69, 9.17) is 0 Å². The van der Waals surface area contributed by atoms with Crippen molar-refractivity contribution >= 4 is 17.2 Å². The minimum absolute atomic E-state index is 0.0977. The molecule has 142 valence electrons. The van der Waals surface area contributed by atoms with Gasteiger partial charge in [0.2, 0.25) is 5.91 Å². The van der Waals surface area contributed by atoms with Gasteiger partial charge in [-0.25, -0.2) is 0 Å². The Bertz CT molecular complexity index is 610. The molecule has 0 aromatic carbocycles. The van der Waals surface area contributed by atoms with E-state index < -0.39 is 5.54 Å². The smallest absolute Gasteiger partial charge is 0.237 e. The van der Waals surface area contributed by atoms with E-state index in [-0.39, 0.29) is 5.91 Å². The summed E-state index contributed by atoms with van der Waals surface area (Å²) in [6, 6.07) is 6.76. The molecule has 6 heteroatoms. The number of carbonyl (C=O) groups is 1. The lowest BCUT2D eigenvalue weighted by atomic mass is 9.81. The Morgan fingerprint density at radius 3 is 2.54 bits per heavy atom. The molecule has 0 unspecified atom stereocenters. The van der Waals surface area contributed by atoms with Crippen LogP contribution in [0, 0.1) is 11.3 Å². The maximum absolute atomic E-state index is 12.8. The van der Waals surface area contributed by atoms with Crippen LogP contribution in [0.4, 0.5) is 0 Å². The van der Waals surface area contributed by atoms with Gasteiger partial charge in [0.1, 0.15) is 5.54 Å². The standard InChI is InChI=1S/C20H30N4OS/c1-22(20(17-21)8-3-2-4-9-20)19(25)16-24-13-11-23(12-14-24)10-7-18-6-5-15-26-18/h5-6,15H,2-4,7-14,16H2,1H3. The van der Waals surface area contributed by atoms with Crippen molar-refractivity contribution in [2.24, 2.45) is 0 Å². The Kier molecular flexibility index (Phi) is 6.68. The maximum atomic E-state index is 12.8. The first-order valence-corrected chi connectivity index (χ1v) is 10.7. The third kappa shape index (κ3) is 4.64. The molecule has 2 fully saturated rings. The minimum atomic E-state index is -0.572. The molecule has 1 amide bonds. The second-order valence-corrected chi connectivity index (χ2v) is 8.64. The molecule has 1 aromatic rings. The van der Waals surface area contributed by atoms with Gasteiger partial charge in [0.05, 0.1) is 12.6 Å². The zero-order chi connectivity index (χ0) is 18.4. The topological polar surface area (TPSA) is 50.6 Å². The van der Waals surface area contributed by atoms with Gasteiger partial charge in [-0.2, -0.15) is 5.26 Å². The van der Waals surface area contributed by atoms with Gasteiger partial charge in [-0.05, 0) is 30.7 Å². The molecule has 1 aliphatic heterocycles. The molecule has 1 saturated heterocycles. The third-order valence-corrected chi connectivity index (χ3v) is 6.92. The van der Waals surface area contributed by atoms with E-state index >= 15 is 0 Å². The van der Waals surface area contributed by atoms with Gasteiger partial charge in [-0.1, -0.05) is 25.3 Å². The summed E-state index contributed by atoms with van der Waals surface area (Å²) in [7, 11) is 1.83. The van der Waals surface area contributed by atoms with Crippen molar-refractivity contribution in [1.82, 2.24) is 14.7 Å². The maximum Gasteiger partial charge on any atom is 0.237 e. The Labute approximate surface area is 161 Å². The number of amides is 1. The molecule has 26 heavy (non-hydrogen) atoms. The highest BCUT2D eigenvalue weighted by Gasteiger charge is 2.39. The summed E-state index contributed by atoms with van der Waals surface area (Å²) in [5.41, 5.74) is -0.572. The molecule has 0 bridgehead atoms. The van der Waals surface area contributed by atoms with Crippen molar-refractivity contribution in [2.75, 3.05) is 46.3 Å². The summed E-state index contributed by atoms with van der Waals surface area (Å²) < 4.78 is 0. The Morgan fingerprint density at radius 2 is 1.92 bits per heavy atom. The molecular formula is C20H30N4OS. The highest BCUT2D eigenvalue weighted by molar-refractivity contribution is 7.09. The number of carbonyl (C=O) groups excluding carboxylic acids is 1. The monoisotopic (exact) mass is 374 g/mol. The highest BCUT2D eigenvalue weighted by atomic mass is 32.1. The van der Waals surface area contributed by atoms with Crippen LogP contribution in [0.25, 0.3) is 0 Å². The van der Waals surface area contributed by atoms with E-state index in [1.54, 1.807) is 4.90 Å². The number of nitriles is 1. The fourth-order valence-electron chi connectivity index (χ4n) is 4.09. The largest absolute Gasteiger partial charge is 0.326 e. The van der Waals surface area contributed by atoms with Gasteiger partial charge in [0.15, 0.2) is 0 Å². The van der Waals surface area contributed by atoms with Crippen LogP contribution in [0.5, 0.6) is 0 Å². The van der Waals surface area contributed by atoms with Crippen LogP contribution >= 0.6 is 11.3 Å². The van der Waals surface area contributed by atoms with Crippen molar-refractivity contribution in [3.63, 3.8) is 0 Å². The predicted octanol–water partition coefficient (Wildman–Crippen LogP) is 2.59. The molecular weight excluding hydrogens is 344 g/mol. The average Bonchev–Trinajstić information content (AvgIpc) is 3.21. The van der Waals surface area contributed by atoms with Gasteiger partial charge in [-0.3, -0.25) is 9.69 Å². The molecule has 0 radical (unpaired) electrons. The lowest BCUT2D eigenvalue weighted by molar-refractivity contribution is -0.136. The summed E-state index contributed by atoms with van der Waals surface area (Å²) in [6.45, 7) is 5.45. The Hall–Kier alpha value is -1.42. The Morgan fingerprint density at radius 1 is 1.23 bits per heavy atom. The van der Waals surface area contributed by atoms with Crippen molar-refractivity contribution in [1.29, 1.82) is 5.26 Å². The predicted molar refractivity (Wildman–Crippen MR) is 105 cm³/mol. The molecule has 1 aromatic heterocycles. The lowest BCUT2D eigenvalue weighted by Gasteiger charge is -2.41. The van der Waals surface area contributed by atoms with Crippen LogP contribution in [0.15, 0.2) is 17.5 Å². The fraction of sp³-hybridized carbons (Fsp3) is 0.700. The summed E-state index contributed by atoms with van der Waals surface area (Å²) in [5, 5.41) is 11.8. The van der Waals surface area contributed by atoms with E-state index in [0.717, 1.165) is 64.8 Å². The number of rotatable bonds is 6. The average molecular weight is 375 g/mol. The molecule has 3 rings (SSSR count). The zero-order valence-electron chi connectivity index (χ0n) is 15.8. The first-order chi connectivity index (χ1) is 12.6. The van der Waals surface area contributed by atoms with Crippen molar-refractivity contribution < 1.29 is 4.79 Å². The van der Waals surface area contributed by atoms with Crippen LogP contribution in [0.3, 0.4) is 0 Å². The molecule has 0 atom stereocenters. The van der Waals surface area contributed by atoms with Gasteiger partial charge in [-0.15, -0.1) is 11.3 Å². The second-order valence-electron chi connectivity index (χ2n) is 7.60.